The van der Waals surface area contributed by atoms with E-state index in [4.69, 9.17) is 9.47 Å². The minimum atomic E-state index is -0.613. The van der Waals surface area contributed by atoms with Gasteiger partial charge in [0.05, 0.1) is 32.0 Å². The van der Waals surface area contributed by atoms with Crippen LogP contribution in [0.3, 0.4) is 0 Å². The molecule has 1 heterocycles. The summed E-state index contributed by atoms with van der Waals surface area (Å²) in [6.45, 7) is 13.2. The number of ether oxygens (including phenoxy) is 2. The number of hydrogen-bond donors (Lipinski definition) is 1. The molecule has 0 radical (unpaired) electrons. The van der Waals surface area contributed by atoms with Crippen molar-refractivity contribution in [3.05, 3.63) is 0 Å². The van der Waals surface area contributed by atoms with Crippen LogP contribution in [-0.2, 0) is 9.47 Å². The number of hydrogen-bond acceptors (Lipinski definition) is 4. The molecule has 1 N–H and O–H groups in total. The summed E-state index contributed by atoms with van der Waals surface area (Å²) in [5.74, 6) is 0.569. The third-order valence-electron chi connectivity index (χ3n) is 4.40. The van der Waals surface area contributed by atoms with Gasteiger partial charge in [-0.15, -0.1) is 0 Å². The summed E-state index contributed by atoms with van der Waals surface area (Å²) >= 11 is 0. The zero-order valence-electron chi connectivity index (χ0n) is 13.7. The molecule has 0 aromatic carbocycles. The lowest BCUT2D eigenvalue weighted by Gasteiger charge is -2.43. The van der Waals surface area contributed by atoms with E-state index < -0.39 is 5.60 Å². The molecule has 0 spiro atoms. The Morgan fingerprint density at radius 3 is 1.90 bits per heavy atom. The molecule has 4 nitrogen and oxygen atoms in total. The van der Waals surface area contributed by atoms with Gasteiger partial charge in [0.1, 0.15) is 0 Å². The van der Waals surface area contributed by atoms with E-state index in [1.54, 1.807) is 0 Å². The average Bonchev–Trinajstić information content (AvgIpc) is 2.57. The lowest BCUT2D eigenvalue weighted by molar-refractivity contribution is -0.0675. The summed E-state index contributed by atoms with van der Waals surface area (Å²) in [5.41, 5.74) is -0.613. The lowest BCUT2D eigenvalue weighted by Crippen LogP contribution is -2.54. The molecule has 1 aliphatic heterocycles. The van der Waals surface area contributed by atoms with Crippen LogP contribution >= 0.6 is 0 Å². The first-order valence-corrected chi connectivity index (χ1v) is 8.15. The molecular weight excluding hydrogens is 254 g/mol. The molecule has 1 saturated heterocycles. The van der Waals surface area contributed by atoms with Gasteiger partial charge in [-0.1, -0.05) is 27.7 Å². The van der Waals surface area contributed by atoms with Crippen molar-refractivity contribution in [3.8, 4) is 0 Å². The van der Waals surface area contributed by atoms with Crippen molar-refractivity contribution in [2.24, 2.45) is 5.92 Å². The molecule has 120 valence electrons. The van der Waals surface area contributed by atoms with Crippen molar-refractivity contribution >= 4 is 0 Å². The van der Waals surface area contributed by atoms with Crippen LogP contribution in [-0.4, -0.2) is 61.2 Å². The molecule has 0 aliphatic carbocycles. The van der Waals surface area contributed by atoms with Crippen LogP contribution in [0.15, 0.2) is 0 Å². The summed E-state index contributed by atoms with van der Waals surface area (Å²) in [7, 11) is 0. The van der Waals surface area contributed by atoms with Gasteiger partial charge in [0.15, 0.2) is 0 Å². The number of rotatable bonds is 6. The average molecular weight is 287 g/mol. The molecule has 1 aliphatic rings. The van der Waals surface area contributed by atoms with E-state index >= 15 is 0 Å². The van der Waals surface area contributed by atoms with Crippen LogP contribution in [0.25, 0.3) is 0 Å². The Bertz CT molecular complexity index is 244. The Balaban J connectivity index is 2.82. The Morgan fingerprint density at radius 2 is 1.50 bits per heavy atom. The monoisotopic (exact) mass is 287 g/mol. The van der Waals surface area contributed by atoms with Crippen LogP contribution in [0.2, 0.25) is 0 Å². The maximum Gasteiger partial charge on any atom is 0.0797 e. The van der Waals surface area contributed by atoms with Crippen molar-refractivity contribution in [2.75, 3.05) is 39.5 Å². The highest BCUT2D eigenvalue weighted by atomic mass is 16.5. The molecule has 0 aromatic heterocycles. The van der Waals surface area contributed by atoms with Gasteiger partial charge >= 0.3 is 0 Å². The van der Waals surface area contributed by atoms with Crippen LogP contribution in [0.1, 0.15) is 47.0 Å². The fraction of sp³-hybridized carbons (Fsp3) is 1.00. The maximum atomic E-state index is 11.0. The minimum absolute atomic E-state index is 0.183. The largest absolute Gasteiger partial charge is 0.388 e. The summed E-state index contributed by atoms with van der Waals surface area (Å²) in [4.78, 5) is 2.37. The van der Waals surface area contributed by atoms with E-state index in [1.807, 2.05) is 0 Å². The standard InChI is InChI=1S/C16H33NO3/c1-5-16(18,6-2)15(13-14(3)4)17-7-9-19-11-12-20-10-8-17/h14-15,18H,5-13H2,1-4H3/t15-/m0/s1. The molecule has 0 unspecified atom stereocenters. The maximum absolute atomic E-state index is 11.0. The highest BCUT2D eigenvalue weighted by Crippen LogP contribution is 2.29. The van der Waals surface area contributed by atoms with Crippen molar-refractivity contribution in [2.45, 2.75) is 58.6 Å². The summed E-state index contributed by atoms with van der Waals surface area (Å²) in [5, 5.41) is 11.0. The van der Waals surface area contributed by atoms with E-state index in [0.717, 1.165) is 45.6 Å². The van der Waals surface area contributed by atoms with E-state index in [-0.39, 0.29) is 6.04 Å². The van der Waals surface area contributed by atoms with Gasteiger partial charge in [0.2, 0.25) is 0 Å². The SMILES string of the molecule is CCC(O)(CC)[C@H](CC(C)C)N1CCOCCOCC1. The van der Waals surface area contributed by atoms with E-state index in [0.29, 0.717) is 19.1 Å². The van der Waals surface area contributed by atoms with E-state index in [1.165, 1.54) is 0 Å². The second-order valence-electron chi connectivity index (χ2n) is 6.22. The zero-order chi connectivity index (χ0) is 15.0. The molecule has 0 saturated carbocycles. The molecule has 1 atom stereocenters. The molecule has 0 aromatic rings. The fourth-order valence-electron chi connectivity index (χ4n) is 2.99. The van der Waals surface area contributed by atoms with Crippen molar-refractivity contribution < 1.29 is 14.6 Å². The third kappa shape index (κ3) is 5.32. The van der Waals surface area contributed by atoms with Crippen LogP contribution in [0, 0.1) is 5.92 Å². The first-order valence-electron chi connectivity index (χ1n) is 8.15. The van der Waals surface area contributed by atoms with E-state index in [9.17, 15) is 5.11 Å². The van der Waals surface area contributed by atoms with Crippen molar-refractivity contribution in [1.29, 1.82) is 0 Å². The number of aliphatic hydroxyl groups is 1. The molecule has 4 heteroatoms. The summed E-state index contributed by atoms with van der Waals surface area (Å²) in [6.07, 6.45) is 2.59. The summed E-state index contributed by atoms with van der Waals surface area (Å²) < 4.78 is 11.1. The van der Waals surface area contributed by atoms with Crippen molar-refractivity contribution in [3.63, 3.8) is 0 Å². The van der Waals surface area contributed by atoms with Gasteiger partial charge in [-0.25, -0.2) is 0 Å². The van der Waals surface area contributed by atoms with Crippen LogP contribution < -0.4 is 0 Å². The summed E-state index contributed by atoms with van der Waals surface area (Å²) in [6, 6.07) is 0.183. The highest BCUT2D eigenvalue weighted by molar-refractivity contribution is 4.92. The Morgan fingerprint density at radius 1 is 1.00 bits per heavy atom. The van der Waals surface area contributed by atoms with Gasteiger partial charge in [0, 0.05) is 19.1 Å². The first-order chi connectivity index (χ1) is 9.53. The second kappa shape index (κ2) is 8.98. The Labute approximate surface area is 124 Å². The van der Waals surface area contributed by atoms with Gasteiger partial charge in [-0.2, -0.15) is 0 Å². The molecule has 1 fully saturated rings. The minimum Gasteiger partial charge on any atom is -0.388 e. The highest BCUT2D eigenvalue weighted by Gasteiger charge is 2.37. The smallest absolute Gasteiger partial charge is 0.0797 e. The Hall–Kier alpha value is -0.160. The van der Waals surface area contributed by atoms with Gasteiger partial charge in [-0.3, -0.25) is 4.90 Å². The van der Waals surface area contributed by atoms with Crippen molar-refractivity contribution in [1.82, 2.24) is 4.90 Å². The topological polar surface area (TPSA) is 41.9 Å². The molecule has 20 heavy (non-hydrogen) atoms. The fourth-order valence-corrected chi connectivity index (χ4v) is 2.99. The predicted molar refractivity (Wildman–Crippen MR) is 82.0 cm³/mol. The predicted octanol–water partition coefficient (Wildman–Crippen LogP) is 2.30. The molecule has 0 bridgehead atoms. The first kappa shape index (κ1) is 17.9. The van der Waals surface area contributed by atoms with Crippen LogP contribution in [0.5, 0.6) is 0 Å². The van der Waals surface area contributed by atoms with Gasteiger partial charge in [-0.05, 0) is 25.2 Å². The normalized spacial score (nSPS) is 21.3. The lowest BCUT2D eigenvalue weighted by atomic mass is 9.82. The second-order valence-corrected chi connectivity index (χ2v) is 6.22. The van der Waals surface area contributed by atoms with E-state index in [2.05, 4.69) is 32.6 Å². The van der Waals surface area contributed by atoms with Crippen LogP contribution in [0.4, 0.5) is 0 Å². The van der Waals surface area contributed by atoms with Gasteiger partial charge in [0.25, 0.3) is 0 Å². The number of nitrogens with zero attached hydrogens (tertiary/aromatic N) is 1. The molecular formula is C16H33NO3. The molecule has 1 rings (SSSR count). The third-order valence-corrected chi connectivity index (χ3v) is 4.40. The molecule has 0 amide bonds. The van der Waals surface area contributed by atoms with Gasteiger partial charge < -0.3 is 14.6 Å². The zero-order valence-corrected chi connectivity index (χ0v) is 13.7. The Kier molecular flexibility index (Phi) is 8.03. The quantitative estimate of drug-likeness (QED) is 0.814.